The van der Waals surface area contributed by atoms with Gasteiger partial charge < -0.3 is 9.84 Å². The first-order valence-electron chi connectivity index (χ1n) is 7.46. The molecule has 6 nitrogen and oxygen atoms in total. The number of aliphatic carboxylic acids is 1. The fraction of sp³-hybridized carbons (Fsp3) is 0.235. The number of nitrogens with zero attached hydrogens (tertiary/aromatic N) is 1. The Morgan fingerprint density at radius 1 is 1.21 bits per heavy atom. The zero-order valence-corrected chi connectivity index (χ0v) is 13.9. The van der Waals surface area contributed by atoms with Crippen molar-refractivity contribution in [2.45, 2.75) is 24.3 Å². The Morgan fingerprint density at radius 3 is 2.54 bits per heavy atom. The smallest absolute Gasteiger partial charge is 0.341 e. The van der Waals surface area contributed by atoms with E-state index in [1.807, 2.05) is 25.1 Å². The van der Waals surface area contributed by atoms with E-state index in [2.05, 4.69) is 0 Å². The molecule has 0 saturated carbocycles. The van der Waals surface area contributed by atoms with Gasteiger partial charge in [-0.3, -0.25) is 4.31 Å². The summed E-state index contributed by atoms with van der Waals surface area (Å²) in [5.74, 6) is -0.777. The molecule has 0 saturated heterocycles. The van der Waals surface area contributed by atoms with E-state index < -0.39 is 22.6 Å². The van der Waals surface area contributed by atoms with Crippen LogP contribution in [0.15, 0.2) is 53.4 Å². The Bertz CT molecular complexity index is 861. The van der Waals surface area contributed by atoms with Gasteiger partial charge in [-0.05, 0) is 49.2 Å². The molecule has 1 atom stereocenters. The van der Waals surface area contributed by atoms with E-state index in [4.69, 9.17) is 9.84 Å². The van der Waals surface area contributed by atoms with Gasteiger partial charge in [0.25, 0.3) is 10.0 Å². The third-order valence-corrected chi connectivity index (χ3v) is 5.83. The topological polar surface area (TPSA) is 83.9 Å². The highest BCUT2D eigenvalue weighted by Crippen LogP contribution is 2.36. The van der Waals surface area contributed by atoms with Crippen LogP contribution in [-0.2, 0) is 21.2 Å². The lowest BCUT2D eigenvalue weighted by molar-refractivity contribution is -0.139. The number of sulfonamides is 1. The molecule has 2 aromatic carbocycles. The summed E-state index contributed by atoms with van der Waals surface area (Å²) in [5, 5.41) is 8.60. The monoisotopic (exact) mass is 347 g/mol. The molecule has 1 N–H and O–H groups in total. The molecule has 0 amide bonds. The summed E-state index contributed by atoms with van der Waals surface area (Å²) in [7, 11) is -3.69. The lowest BCUT2D eigenvalue weighted by atomic mass is 10.1. The zero-order valence-electron chi connectivity index (χ0n) is 13.0. The Balaban J connectivity index is 1.90. The van der Waals surface area contributed by atoms with Gasteiger partial charge in [-0.1, -0.05) is 18.2 Å². The summed E-state index contributed by atoms with van der Waals surface area (Å²) in [6.07, 6.45) is 0.676. The number of carboxylic acid groups (broad SMARTS) is 1. The summed E-state index contributed by atoms with van der Waals surface area (Å²) in [6, 6.07) is 13.1. The predicted molar refractivity (Wildman–Crippen MR) is 88.8 cm³/mol. The largest absolute Gasteiger partial charge is 0.482 e. The highest BCUT2D eigenvalue weighted by molar-refractivity contribution is 7.92. The van der Waals surface area contributed by atoms with Gasteiger partial charge >= 0.3 is 5.97 Å². The van der Waals surface area contributed by atoms with Gasteiger partial charge in [-0.15, -0.1) is 0 Å². The lowest BCUT2D eigenvalue weighted by Crippen LogP contribution is -2.35. The highest BCUT2D eigenvalue weighted by Gasteiger charge is 2.35. The van der Waals surface area contributed by atoms with Gasteiger partial charge in [0.1, 0.15) is 5.75 Å². The fourth-order valence-electron chi connectivity index (χ4n) is 2.87. The number of carbonyl (C=O) groups is 1. The zero-order chi connectivity index (χ0) is 17.3. The molecule has 3 rings (SSSR count). The molecule has 0 unspecified atom stereocenters. The molecule has 2 aromatic rings. The predicted octanol–water partition coefficient (Wildman–Crippen LogP) is 2.29. The van der Waals surface area contributed by atoms with Crippen LogP contribution in [-0.4, -0.2) is 32.1 Å². The Morgan fingerprint density at radius 2 is 1.88 bits per heavy atom. The SMILES string of the molecule is C[C@H]1Cc2ccccc2N1S(=O)(=O)c1ccc(OCC(=O)O)cc1. The van der Waals surface area contributed by atoms with E-state index in [1.165, 1.54) is 28.6 Å². The quantitative estimate of drug-likeness (QED) is 0.897. The van der Waals surface area contributed by atoms with Gasteiger partial charge in [0.2, 0.25) is 0 Å². The third-order valence-electron chi connectivity index (χ3n) is 3.89. The van der Waals surface area contributed by atoms with Gasteiger partial charge in [0.05, 0.1) is 10.6 Å². The number of hydrogen-bond acceptors (Lipinski definition) is 4. The van der Waals surface area contributed by atoms with Crippen molar-refractivity contribution in [3.8, 4) is 5.75 Å². The van der Waals surface area contributed by atoms with E-state index in [9.17, 15) is 13.2 Å². The number of benzene rings is 2. The first kappa shape index (κ1) is 16.3. The number of para-hydroxylation sites is 1. The van der Waals surface area contributed by atoms with Crippen LogP contribution in [0.4, 0.5) is 5.69 Å². The molecule has 7 heteroatoms. The highest BCUT2D eigenvalue weighted by atomic mass is 32.2. The minimum atomic E-state index is -3.69. The average molecular weight is 347 g/mol. The molecule has 24 heavy (non-hydrogen) atoms. The van der Waals surface area contributed by atoms with Crippen molar-refractivity contribution < 1.29 is 23.1 Å². The normalized spacial score (nSPS) is 16.7. The van der Waals surface area contributed by atoms with Crippen LogP contribution in [0.3, 0.4) is 0 Å². The van der Waals surface area contributed by atoms with Crippen LogP contribution in [0.1, 0.15) is 12.5 Å². The summed E-state index contributed by atoms with van der Waals surface area (Å²) >= 11 is 0. The van der Waals surface area contributed by atoms with Crippen molar-refractivity contribution in [1.82, 2.24) is 0 Å². The number of anilines is 1. The Hall–Kier alpha value is -2.54. The molecule has 1 heterocycles. The minimum Gasteiger partial charge on any atom is -0.482 e. The fourth-order valence-corrected chi connectivity index (χ4v) is 4.56. The van der Waals surface area contributed by atoms with Crippen LogP contribution in [0.5, 0.6) is 5.75 Å². The van der Waals surface area contributed by atoms with Crippen molar-refractivity contribution >= 4 is 21.7 Å². The van der Waals surface area contributed by atoms with Crippen molar-refractivity contribution in [2.75, 3.05) is 10.9 Å². The Kier molecular flexibility index (Phi) is 4.19. The van der Waals surface area contributed by atoms with E-state index >= 15 is 0 Å². The van der Waals surface area contributed by atoms with Crippen molar-refractivity contribution in [2.24, 2.45) is 0 Å². The van der Waals surface area contributed by atoms with Crippen LogP contribution in [0.25, 0.3) is 0 Å². The molecule has 1 aliphatic heterocycles. The van der Waals surface area contributed by atoms with Crippen LogP contribution in [0.2, 0.25) is 0 Å². The van der Waals surface area contributed by atoms with E-state index in [-0.39, 0.29) is 10.9 Å². The summed E-state index contributed by atoms with van der Waals surface area (Å²) in [4.78, 5) is 10.6. The van der Waals surface area contributed by atoms with Gasteiger partial charge in [0, 0.05) is 6.04 Å². The van der Waals surface area contributed by atoms with E-state index in [0.717, 1.165) is 5.56 Å². The molecule has 0 aromatic heterocycles. The second-order valence-electron chi connectivity index (χ2n) is 5.64. The standard InChI is InChI=1S/C17H17NO5S/c1-12-10-13-4-2-3-5-16(13)18(12)24(21,22)15-8-6-14(7-9-15)23-11-17(19)20/h2-9,12H,10-11H2,1H3,(H,19,20)/t12-/m0/s1. The maximum atomic E-state index is 13.0. The van der Waals surface area contributed by atoms with E-state index in [0.29, 0.717) is 17.9 Å². The number of ether oxygens (including phenoxy) is 1. The lowest BCUT2D eigenvalue weighted by Gasteiger charge is -2.24. The van der Waals surface area contributed by atoms with Gasteiger partial charge in [-0.25, -0.2) is 13.2 Å². The van der Waals surface area contributed by atoms with Crippen LogP contribution >= 0.6 is 0 Å². The summed E-state index contributed by atoms with van der Waals surface area (Å²) in [5.41, 5.74) is 1.71. The molecule has 1 aliphatic rings. The molecule has 0 bridgehead atoms. The van der Waals surface area contributed by atoms with Crippen molar-refractivity contribution in [3.63, 3.8) is 0 Å². The molecule has 0 radical (unpaired) electrons. The molecule has 126 valence electrons. The summed E-state index contributed by atoms with van der Waals surface area (Å²) in [6.45, 7) is 1.41. The number of hydrogen-bond donors (Lipinski definition) is 1. The third kappa shape index (κ3) is 2.94. The van der Waals surface area contributed by atoms with Gasteiger partial charge in [0.15, 0.2) is 6.61 Å². The average Bonchev–Trinajstić information content (AvgIpc) is 2.89. The number of fused-ring (bicyclic) bond motifs is 1. The number of rotatable bonds is 5. The molecule has 0 aliphatic carbocycles. The maximum absolute atomic E-state index is 13.0. The Labute approximate surface area is 140 Å². The minimum absolute atomic E-state index is 0.147. The first-order chi connectivity index (χ1) is 11.4. The van der Waals surface area contributed by atoms with Crippen LogP contribution < -0.4 is 9.04 Å². The van der Waals surface area contributed by atoms with Crippen molar-refractivity contribution in [3.05, 3.63) is 54.1 Å². The molecule has 0 spiro atoms. The summed E-state index contributed by atoms with van der Waals surface area (Å²) < 4.78 is 32.4. The van der Waals surface area contributed by atoms with Gasteiger partial charge in [-0.2, -0.15) is 0 Å². The van der Waals surface area contributed by atoms with Crippen molar-refractivity contribution in [1.29, 1.82) is 0 Å². The molecular formula is C17H17NO5S. The second kappa shape index (κ2) is 6.16. The molecular weight excluding hydrogens is 330 g/mol. The maximum Gasteiger partial charge on any atom is 0.341 e. The van der Waals surface area contributed by atoms with E-state index in [1.54, 1.807) is 6.07 Å². The molecule has 0 fully saturated rings. The second-order valence-corrected chi connectivity index (χ2v) is 7.45. The first-order valence-corrected chi connectivity index (χ1v) is 8.90. The van der Waals surface area contributed by atoms with Crippen LogP contribution in [0, 0.1) is 0 Å². The number of carboxylic acids is 1.